The fourth-order valence-electron chi connectivity index (χ4n) is 0. The van der Waals surface area contributed by atoms with E-state index in [2.05, 4.69) is 25.3 Å². The van der Waals surface area contributed by atoms with Crippen molar-refractivity contribution in [3.05, 3.63) is 12.7 Å². The molecule has 0 aliphatic rings. The molecule has 0 amide bonds. The molecule has 2 heteroatoms. The van der Waals surface area contributed by atoms with E-state index in [4.69, 9.17) is 6.58 Å². The van der Waals surface area contributed by atoms with Crippen molar-refractivity contribution in [2.24, 2.45) is 0 Å². The highest BCUT2D eigenvalue weighted by molar-refractivity contribution is 7.99. The Hall–Kier alpha value is 0.440. The molecule has 1 radical (unpaired) electrons. The van der Waals surface area contributed by atoms with Gasteiger partial charge >= 0.3 is 0 Å². The molecular weight excluding hydrogens is 100 g/mol. The molecule has 0 N–H and O–H groups in total. The molecule has 0 heterocycles. The topological polar surface area (TPSA) is 0 Å². The molecule has 0 aliphatic heterocycles. The number of thiol groups is 2. The van der Waals surface area contributed by atoms with Crippen LogP contribution in [0.4, 0.5) is 0 Å². The predicted octanol–water partition coefficient (Wildman–Crippen LogP) is 1.16. The van der Waals surface area contributed by atoms with Gasteiger partial charge < -0.3 is 0 Å². The van der Waals surface area contributed by atoms with Crippen LogP contribution in [0.5, 0.6) is 0 Å². The van der Waals surface area contributed by atoms with Gasteiger partial charge in [-0.2, -0.15) is 25.3 Å². The molecule has 0 spiro atoms. The van der Waals surface area contributed by atoms with E-state index in [1.165, 1.54) is 6.08 Å². The molecule has 0 bridgehead atoms. The SMILES string of the molecule is [CH]=CC(S)S. The smallest absolute Gasteiger partial charge is 0.0625 e. The third-order valence-electron chi connectivity index (χ3n) is 0.172. The molecule has 0 aromatic rings. The zero-order valence-electron chi connectivity index (χ0n) is 2.63. The zero-order chi connectivity index (χ0) is 4.28. The van der Waals surface area contributed by atoms with Crippen LogP contribution >= 0.6 is 25.3 Å². The third-order valence-corrected chi connectivity index (χ3v) is 0.516. The maximum absolute atomic E-state index is 4.89. The summed E-state index contributed by atoms with van der Waals surface area (Å²) in [5.41, 5.74) is 0. The number of hydrogen-bond acceptors (Lipinski definition) is 2. The molecule has 0 aromatic carbocycles. The Balaban J connectivity index is 2.83. The van der Waals surface area contributed by atoms with Gasteiger partial charge in [0.05, 0.1) is 4.58 Å². The first-order chi connectivity index (χ1) is 2.27. The Morgan fingerprint density at radius 3 is 1.80 bits per heavy atom. The highest BCUT2D eigenvalue weighted by atomic mass is 32.2. The summed E-state index contributed by atoms with van der Waals surface area (Å²) in [5.74, 6) is 0. The molecule has 0 aromatic heterocycles. The van der Waals surface area contributed by atoms with Gasteiger partial charge in [-0.15, -0.1) is 0 Å². The maximum atomic E-state index is 4.89. The number of rotatable bonds is 1. The molecule has 0 nitrogen and oxygen atoms in total. The van der Waals surface area contributed by atoms with E-state index in [9.17, 15) is 0 Å². The van der Waals surface area contributed by atoms with Gasteiger partial charge in [-0.05, 0) is 0 Å². The van der Waals surface area contributed by atoms with Crippen LogP contribution < -0.4 is 0 Å². The predicted molar refractivity (Wildman–Crippen MR) is 30.6 cm³/mol. The summed E-state index contributed by atoms with van der Waals surface area (Å²) in [7, 11) is 0. The van der Waals surface area contributed by atoms with E-state index in [1.807, 2.05) is 0 Å². The van der Waals surface area contributed by atoms with Gasteiger partial charge in [0.1, 0.15) is 0 Å². The Kier molecular flexibility index (Phi) is 2.90. The summed E-state index contributed by atoms with van der Waals surface area (Å²) in [6, 6.07) is 0. The summed E-state index contributed by atoms with van der Waals surface area (Å²) in [5, 5.41) is 0. The lowest BCUT2D eigenvalue weighted by Crippen LogP contribution is -1.69. The second kappa shape index (κ2) is 2.67. The molecule has 0 atom stereocenters. The van der Waals surface area contributed by atoms with Crippen molar-refractivity contribution in [2.75, 3.05) is 0 Å². The first-order valence-corrected chi connectivity index (χ1v) is 2.22. The van der Waals surface area contributed by atoms with Crippen molar-refractivity contribution in [2.45, 2.75) is 4.58 Å². The summed E-state index contributed by atoms with van der Waals surface area (Å²) >= 11 is 7.56. The average Bonchev–Trinajstić information content (AvgIpc) is 1.38. The van der Waals surface area contributed by atoms with Crippen LogP contribution in [-0.4, -0.2) is 4.58 Å². The van der Waals surface area contributed by atoms with Crippen LogP contribution in [0.25, 0.3) is 0 Å². The minimum Gasteiger partial charge on any atom is -0.161 e. The summed E-state index contributed by atoms with van der Waals surface area (Å²) in [6.07, 6.45) is 1.40. The fourth-order valence-corrected chi connectivity index (χ4v) is 0. The normalized spacial score (nSPS) is 8.60. The van der Waals surface area contributed by atoms with E-state index in [0.29, 0.717) is 0 Å². The van der Waals surface area contributed by atoms with Gasteiger partial charge in [0.2, 0.25) is 0 Å². The Morgan fingerprint density at radius 2 is 1.80 bits per heavy atom. The molecule has 0 saturated heterocycles. The Morgan fingerprint density at radius 1 is 1.60 bits per heavy atom. The first kappa shape index (κ1) is 5.44. The van der Waals surface area contributed by atoms with Crippen molar-refractivity contribution >= 4 is 25.3 Å². The highest BCUT2D eigenvalue weighted by Gasteiger charge is 1.76. The van der Waals surface area contributed by atoms with E-state index in [1.54, 1.807) is 0 Å². The van der Waals surface area contributed by atoms with Crippen LogP contribution in [0.3, 0.4) is 0 Å². The van der Waals surface area contributed by atoms with Crippen molar-refractivity contribution < 1.29 is 0 Å². The first-order valence-electron chi connectivity index (χ1n) is 1.18. The monoisotopic (exact) mass is 105 g/mol. The molecular formula is C3H5S2. The summed E-state index contributed by atoms with van der Waals surface area (Å²) < 4.78 is -0.0741. The third kappa shape index (κ3) is 4.44. The minimum absolute atomic E-state index is 0.0741. The fraction of sp³-hybridized carbons (Fsp3) is 0.333. The van der Waals surface area contributed by atoms with Crippen molar-refractivity contribution in [3.63, 3.8) is 0 Å². The lowest BCUT2D eigenvalue weighted by atomic mass is 10.8. The van der Waals surface area contributed by atoms with Crippen LogP contribution in [-0.2, 0) is 0 Å². The van der Waals surface area contributed by atoms with Crippen LogP contribution in [0.2, 0.25) is 0 Å². The van der Waals surface area contributed by atoms with Crippen LogP contribution in [0, 0.1) is 6.58 Å². The van der Waals surface area contributed by atoms with Gasteiger partial charge in [-0.25, -0.2) is 0 Å². The molecule has 0 aliphatic carbocycles. The Bertz CT molecular complexity index is 31.9. The standard InChI is InChI=1S/C3H5S2/c1-2-3(4)5/h1-5H. The lowest BCUT2D eigenvalue weighted by molar-refractivity contribution is 1.71. The second-order valence-corrected chi connectivity index (χ2v) is 2.13. The largest absolute Gasteiger partial charge is 0.161 e. The van der Waals surface area contributed by atoms with E-state index >= 15 is 0 Å². The van der Waals surface area contributed by atoms with Crippen molar-refractivity contribution in [1.82, 2.24) is 0 Å². The van der Waals surface area contributed by atoms with Gasteiger partial charge in [0.15, 0.2) is 0 Å². The van der Waals surface area contributed by atoms with Crippen LogP contribution in [0.1, 0.15) is 0 Å². The van der Waals surface area contributed by atoms with Gasteiger partial charge in [-0.3, -0.25) is 0 Å². The average molecular weight is 105 g/mol. The molecule has 5 heavy (non-hydrogen) atoms. The van der Waals surface area contributed by atoms with Crippen molar-refractivity contribution in [1.29, 1.82) is 0 Å². The van der Waals surface area contributed by atoms with Crippen molar-refractivity contribution in [3.8, 4) is 0 Å². The van der Waals surface area contributed by atoms with Gasteiger partial charge in [0, 0.05) is 0 Å². The highest BCUT2D eigenvalue weighted by Crippen LogP contribution is 1.97. The second-order valence-electron chi connectivity index (χ2n) is 0.606. The Labute approximate surface area is 43.1 Å². The quantitative estimate of drug-likeness (QED) is 0.363. The maximum Gasteiger partial charge on any atom is 0.0625 e. The summed E-state index contributed by atoms with van der Waals surface area (Å²) in [6.45, 7) is 4.89. The molecule has 29 valence electrons. The van der Waals surface area contributed by atoms with Gasteiger partial charge in [-0.1, -0.05) is 12.7 Å². The zero-order valence-corrected chi connectivity index (χ0v) is 4.42. The van der Waals surface area contributed by atoms with Crippen LogP contribution in [0.15, 0.2) is 6.08 Å². The molecule has 0 rings (SSSR count). The van der Waals surface area contributed by atoms with Gasteiger partial charge in [0.25, 0.3) is 0 Å². The van der Waals surface area contributed by atoms with E-state index in [-0.39, 0.29) is 4.58 Å². The number of hydrogen-bond donors (Lipinski definition) is 2. The minimum atomic E-state index is -0.0741. The molecule has 0 fully saturated rings. The molecule has 0 saturated carbocycles. The lowest BCUT2D eigenvalue weighted by Gasteiger charge is -1.82. The van der Waals surface area contributed by atoms with E-state index < -0.39 is 0 Å². The molecule has 0 unspecified atom stereocenters. The van der Waals surface area contributed by atoms with E-state index in [0.717, 1.165) is 0 Å². The summed E-state index contributed by atoms with van der Waals surface area (Å²) in [4.78, 5) is 0.